The van der Waals surface area contributed by atoms with Crippen LogP contribution < -0.4 is 10.6 Å². The van der Waals surface area contributed by atoms with Crippen LogP contribution in [0.25, 0.3) is 0 Å². The molecule has 0 aromatic heterocycles. The van der Waals surface area contributed by atoms with Crippen molar-refractivity contribution < 1.29 is 28.6 Å². The molecule has 1 aromatic rings. The average Bonchev–Trinajstić information content (AvgIpc) is 2.75. The van der Waals surface area contributed by atoms with Gasteiger partial charge >= 0.3 is 0 Å². The molecule has 2 heterocycles. The van der Waals surface area contributed by atoms with Gasteiger partial charge in [0.1, 0.15) is 11.9 Å². The van der Waals surface area contributed by atoms with E-state index in [9.17, 15) is 19.1 Å². The Labute approximate surface area is 170 Å². The van der Waals surface area contributed by atoms with Crippen molar-refractivity contribution in [3.05, 3.63) is 35.6 Å². The van der Waals surface area contributed by atoms with Crippen LogP contribution in [0, 0.1) is 11.7 Å². The fraction of sp³-hybridized carbons (Fsp3) is 0.619. The van der Waals surface area contributed by atoms with E-state index < -0.39 is 6.10 Å². The third-order valence-corrected chi connectivity index (χ3v) is 5.57. The maximum absolute atomic E-state index is 12.9. The average molecular weight is 408 g/mol. The van der Waals surface area contributed by atoms with Crippen LogP contribution in [0.2, 0.25) is 0 Å². The number of halogens is 1. The minimum atomic E-state index is -0.453. The third-order valence-electron chi connectivity index (χ3n) is 5.57. The van der Waals surface area contributed by atoms with Crippen LogP contribution in [-0.4, -0.2) is 61.5 Å². The predicted octanol–water partition coefficient (Wildman–Crippen LogP) is 1.40. The zero-order chi connectivity index (χ0) is 20.6. The molecule has 7 nitrogen and oxygen atoms in total. The molecule has 2 aliphatic rings. The van der Waals surface area contributed by atoms with E-state index in [1.165, 1.54) is 24.3 Å². The number of carbonyl (C=O) groups is 2. The van der Waals surface area contributed by atoms with Gasteiger partial charge in [0.2, 0.25) is 5.91 Å². The van der Waals surface area contributed by atoms with Crippen LogP contribution in [0.1, 0.15) is 42.5 Å². The minimum Gasteiger partial charge on any atom is -0.394 e. The Hall–Kier alpha value is -2.03. The molecule has 8 heteroatoms. The molecule has 2 fully saturated rings. The number of benzene rings is 1. The first-order valence-corrected chi connectivity index (χ1v) is 10.2. The maximum Gasteiger partial charge on any atom is 0.251 e. The van der Waals surface area contributed by atoms with E-state index in [0.717, 1.165) is 25.7 Å². The smallest absolute Gasteiger partial charge is 0.251 e. The highest BCUT2D eigenvalue weighted by atomic mass is 19.1. The number of hydrogen-bond acceptors (Lipinski definition) is 5. The number of amides is 2. The normalized spacial score (nSPS) is 25.4. The summed E-state index contributed by atoms with van der Waals surface area (Å²) in [5.41, 5.74) is 0.403. The Kier molecular flexibility index (Phi) is 7.97. The summed E-state index contributed by atoms with van der Waals surface area (Å²) >= 11 is 0. The summed E-state index contributed by atoms with van der Waals surface area (Å²) in [6, 6.07) is 5.17. The molecule has 3 rings (SSSR count). The maximum atomic E-state index is 12.9. The van der Waals surface area contributed by atoms with Gasteiger partial charge in [-0.2, -0.15) is 0 Å². The van der Waals surface area contributed by atoms with Gasteiger partial charge in [0.05, 0.1) is 18.8 Å². The van der Waals surface area contributed by atoms with Gasteiger partial charge in [0, 0.05) is 31.2 Å². The van der Waals surface area contributed by atoms with Gasteiger partial charge in [-0.1, -0.05) is 0 Å². The standard InChI is InChI=1S/C21H29FN2O5/c22-16-3-1-14(2-4-16)20(26)23-10-7-17-5-6-18(19(13-25)29-17)24-21(27)15-8-11-28-12-9-15/h1-4,15,17-19,25H,5-13H2,(H,23,26)(H,24,27)/t17-,18+,19-/m1/s1. The number of ether oxygens (including phenoxy) is 2. The van der Waals surface area contributed by atoms with Crippen molar-refractivity contribution in [1.82, 2.24) is 10.6 Å². The van der Waals surface area contributed by atoms with Crippen LogP contribution in [0.5, 0.6) is 0 Å². The lowest BCUT2D eigenvalue weighted by Gasteiger charge is -2.37. The zero-order valence-electron chi connectivity index (χ0n) is 16.4. The Balaban J connectivity index is 1.41. The SMILES string of the molecule is O=C(NCC[C@H]1CC[C@H](NC(=O)C2CCOCC2)[C@@H](CO)O1)c1ccc(F)cc1. The fourth-order valence-corrected chi connectivity index (χ4v) is 3.82. The second kappa shape index (κ2) is 10.7. The van der Waals surface area contributed by atoms with Gasteiger partial charge in [-0.15, -0.1) is 0 Å². The van der Waals surface area contributed by atoms with E-state index in [1.54, 1.807) is 0 Å². The second-order valence-corrected chi connectivity index (χ2v) is 7.61. The molecule has 1 aromatic carbocycles. The molecular formula is C21H29FN2O5. The largest absolute Gasteiger partial charge is 0.394 e. The van der Waals surface area contributed by atoms with Gasteiger partial charge < -0.3 is 25.2 Å². The Bertz CT molecular complexity index is 678. The number of rotatable bonds is 7. The quantitative estimate of drug-likeness (QED) is 0.634. The summed E-state index contributed by atoms with van der Waals surface area (Å²) in [6.07, 6.45) is 2.95. The fourth-order valence-electron chi connectivity index (χ4n) is 3.82. The van der Waals surface area contributed by atoms with Crippen molar-refractivity contribution >= 4 is 11.8 Å². The van der Waals surface area contributed by atoms with Crippen molar-refractivity contribution in [3.63, 3.8) is 0 Å². The van der Waals surface area contributed by atoms with Crippen LogP contribution in [0.4, 0.5) is 4.39 Å². The highest BCUT2D eigenvalue weighted by molar-refractivity contribution is 5.94. The van der Waals surface area contributed by atoms with Gasteiger partial charge in [-0.3, -0.25) is 9.59 Å². The summed E-state index contributed by atoms with van der Waals surface area (Å²) in [5.74, 6) is -0.681. The first-order chi connectivity index (χ1) is 14.1. The summed E-state index contributed by atoms with van der Waals surface area (Å²) < 4.78 is 24.2. The molecule has 0 bridgehead atoms. The van der Waals surface area contributed by atoms with Gasteiger partial charge in [-0.05, 0) is 56.4 Å². The topological polar surface area (TPSA) is 96.9 Å². The highest BCUT2D eigenvalue weighted by Gasteiger charge is 2.33. The first kappa shape index (κ1) is 21.7. The van der Waals surface area contributed by atoms with E-state index in [1.807, 2.05) is 0 Å². The molecule has 3 atom stereocenters. The molecule has 0 radical (unpaired) electrons. The lowest BCUT2D eigenvalue weighted by Crippen LogP contribution is -2.52. The Morgan fingerprint density at radius 3 is 2.52 bits per heavy atom. The van der Waals surface area contributed by atoms with Crippen molar-refractivity contribution in [2.75, 3.05) is 26.4 Å². The monoisotopic (exact) mass is 408 g/mol. The predicted molar refractivity (Wildman–Crippen MR) is 104 cm³/mol. The minimum absolute atomic E-state index is 0.00496. The summed E-state index contributed by atoms with van der Waals surface area (Å²) in [5, 5.41) is 15.5. The van der Waals surface area contributed by atoms with Gasteiger partial charge in [-0.25, -0.2) is 4.39 Å². The number of carbonyl (C=O) groups excluding carboxylic acids is 2. The number of aliphatic hydroxyl groups is 1. The van der Waals surface area contributed by atoms with Crippen LogP contribution in [0.3, 0.4) is 0 Å². The zero-order valence-corrected chi connectivity index (χ0v) is 16.4. The van der Waals surface area contributed by atoms with Crippen molar-refractivity contribution in [2.45, 2.75) is 50.4 Å². The summed E-state index contributed by atoms with van der Waals surface area (Å²) in [6.45, 7) is 1.46. The lowest BCUT2D eigenvalue weighted by atomic mass is 9.94. The van der Waals surface area contributed by atoms with Crippen LogP contribution >= 0.6 is 0 Å². The molecular weight excluding hydrogens is 379 g/mol. The molecule has 0 spiro atoms. The van der Waals surface area contributed by atoms with Gasteiger partial charge in [0.15, 0.2) is 0 Å². The Morgan fingerprint density at radius 1 is 1.10 bits per heavy atom. The molecule has 3 N–H and O–H groups in total. The molecule has 2 aliphatic heterocycles. The summed E-state index contributed by atoms with van der Waals surface area (Å²) in [7, 11) is 0. The van der Waals surface area contributed by atoms with E-state index in [4.69, 9.17) is 9.47 Å². The van der Waals surface area contributed by atoms with Crippen molar-refractivity contribution in [3.8, 4) is 0 Å². The molecule has 0 saturated carbocycles. The number of aliphatic hydroxyl groups excluding tert-OH is 1. The van der Waals surface area contributed by atoms with E-state index in [2.05, 4.69) is 10.6 Å². The van der Waals surface area contributed by atoms with E-state index in [0.29, 0.717) is 31.7 Å². The number of hydrogen-bond donors (Lipinski definition) is 3. The molecule has 29 heavy (non-hydrogen) atoms. The second-order valence-electron chi connectivity index (χ2n) is 7.61. The Morgan fingerprint density at radius 2 is 1.83 bits per heavy atom. The van der Waals surface area contributed by atoms with Crippen LogP contribution in [0.15, 0.2) is 24.3 Å². The first-order valence-electron chi connectivity index (χ1n) is 10.2. The van der Waals surface area contributed by atoms with E-state index >= 15 is 0 Å². The van der Waals surface area contributed by atoms with Crippen LogP contribution in [-0.2, 0) is 14.3 Å². The van der Waals surface area contributed by atoms with Crippen molar-refractivity contribution in [1.29, 1.82) is 0 Å². The number of nitrogens with one attached hydrogen (secondary N) is 2. The highest BCUT2D eigenvalue weighted by Crippen LogP contribution is 2.23. The van der Waals surface area contributed by atoms with E-state index in [-0.39, 0.29) is 42.3 Å². The molecule has 2 saturated heterocycles. The van der Waals surface area contributed by atoms with Crippen molar-refractivity contribution in [2.24, 2.45) is 5.92 Å². The molecule has 2 amide bonds. The molecule has 0 aliphatic carbocycles. The van der Waals surface area contributed by atoms with Gasteiger partial charge in [0.25, 0.3) is 5.91 Å². The lowest BCUT2D eigenvalue weighted by molar-refractivity contribution is -0.134. The molecule has 0 unspecified atom stereocenters. The summed E-state index contributed by atoms with van der Waals surface area (Å²) in [4.78, 5) is 24.5. The molecule has 160 valence electrons. The third kappa shape index (κ3) is 6.22.